The number of nitrogens with zero attached hydrogens (tertiary/aromatic N) is 1. The molecule has 20 heavy (non-hydrogen) atoms. The zero-order valence-corrected chi connectivity index (χ0v) is 14.0. The Morgan fingerprint density at radius 3 is 2.65 bits per heavy atom. The van der Waals surface area contributed by atoms with Crippen LogP contribution in [0, 0.1) is 13.8 Å². The SMILES string of the molecule is CNCc1cc(S(=O)(=O)NCc2csc(C)n2)c(C)s1. The number of thiazole rings is 1. The zero-order valence-electron chi connectivity index (χ0n) is 11.6. The molecule has 0 aliphatic rings. The lowest BCUT2D eigenvalue weighted by Crippen LogP contribution is -2.23. The van der Waals surface area contributed by atoms with Crippen LogP contribution in [0.25, 0.3) is 0 Å². The van der Waals surface area contributed by atoms with E-state index in [-0.39, 0.29) is 6.54 Å². The van der Waals surface area contributed by atoms with Crippen molar-refractivity contribution in [2.45, 2.75) is 31.8 Å². The van der Waals surface area contributed by atoms with Gasteiger partial charge in [-0.2, -0.15) is 0 Å². The van der Waals surface area contributed by atoms with Gasteiger partial charge >= 0.3 is 0 Å². The van der Waals surface area contributed by atoms with Gasteiger partial charge in [0.2, 0.25) is 10.0 Å². The summed E-state index contributed by atoms with van der Waals surface area (Å²) >= 11 is 3.01. The number of rotatable bonds is 6. The Morgan fingerprint density at radius 2 is 2.05 bits per heavy atom. The van der Waals surface area contributed by atoms with E-state index in [1.54, 1.807) is 6.07 Å². The molecule has 0 saturated heterocycles. The summed E-state index contributed by atoms with van der Waals surface area (Å²) in [4.78, 5) is 6.42. The van der Waals surface area contributed by atoms with Crippen molar-refractivity contribution in [1.29, 1.82) is 0 Å². The van der Waals surface area contributed by atoms with Crippen LogP contribution < -0.4 is 10.0 Å². The van der Waals surface area contributed by atoms with Gasteiger partial charge in [-0.1, -0.05) is 0 Å². The number of hydrogen-bond acceptors (Lipinski definition) is 6. The molecule has 8 heteroatoms. The van der Waals surface area contributed by atoms with Crippen molar-refractivity contribution >= 4 is 32.7 Å². The molecular formula is C12H17N3O2S3. The van der Waals surface area contributed by atoms with Crippen molar-refractivity contribution in [3.63, 3.8) is 0 Å². The maximum Gasteiger partial charge on any atom is 0.242 e. The molecule has 0 bridgehead atoms. The van der Waals surface area contributed by atoms with Gasteiger partial charge in [-0.15, -0.1) is 22.7 Å². The molecule has 0 radical (unpaired) electrons. The van der Waals surface area contributed by atoms with Crippen molar-refractivity contribution in [2.24, 2.45) is 0 Å². The van der Waals surface area contributed by atoms with E-state index in [2.05, 4.69) is 15.0 Å². The maximum atomic E-state index is 12.3. The number of aryl methyl sites for hydroxylation is 2. The second-order valence-corrected chi connectivity index (χ2v) is 8.48. The Balaban J connectivity index is 2.13. The topological polar surface area (TPSA) is 71.1 Å². The van der Waals surface area contributed by atoms with Gasteiger partial charge in [0.25, 0.3) is 0 Å². The quantitative estimate of drug-likeness (QED) is 0.849. The first-order valence-electron chi connectivity index (χ1n) is 6.07. The molecule has 0 atom stereocenters. The third-order valence-corrected chi connectivity index (χ3v) is 6.20. The molecule has 110 valence electrons. The highest BCUT2D eigenvalue weighted by Gasteiger charge is 2.19. The minimum Gasteiger partial charge on any atom is -0.315 e. The second-order valence-electron chi connectivity index (χ2n) is 4.35. The van der Waals surface area contributed by atoms with Crippen molar-refractivity contribution in [2.75, 3.05) is 7.05 Å². The number of hydrogen-bond donors (Lipinski definition) is 2. The van der Waals surface area contributed by atoms with Crippen LogP contribution in [0.3, 0.4) is 0 Å². The molecule has 0 aliphatic carbocycles. The van der Waals surface area contributed by atoms with E-state index in [0.717, 1.165) is 20.5 Å². The molecule has 0 saturated carbocycles. The number of sulfonamides is 1. The summed E-state index contributed by atoms with van der Waals surface area (Å²) in [6, 6.07) is 1.73. The van der Waals surface area contributed by atoms with Crippen LogP contribution in [-0.2, 0) is 23.1 Å². The van der Waals surface area contributed by atoms with Gasteiger partial charge in [-0.05, 0) is 27.0 Å². The van der Waals surface area contributed by atoms with E-state index in [1.807, 2.05) is 26.3 Å². The van der Waals surface area contributed by atoms with Crippen LogP contribution in [0.1, 0.15) is 20.5 Å². The Labute approximate surface area is 127 Å². The first kappa shape index (κ1) is 15.6. The third kappa shape index (κ3) is 3.64. The van der Waals surface area contributed by atoms with E-state index < -0.39 is 10.0 Å². The highest BCUT2D eigenvalue weighted by Crippen LogP contribution is 2.25. The number of aromatic nitrogens is 1. The van der Waals surface area contributed by atoms with E-state index >= 15 is 0 Å². The summed E-state index contributed by atoms with van der Waals surface area (Å²) in [7, 11) is -1.64. The fraction of sp³-hybridized carbons (Fsp3) is 0.417. The summed E-state index contributed by atoms with van der Waals surface area (Å²) in [6.07, 6.45) is 0. The van der Waals surface area contributed by atoms with Crippen molar-refractivity contribution in [1.82, 2.24) is 15.0 Å². The lowest BCUT2D eigenvalue weighted by Gasteiger charge is -2.04. The molecule has 0 aliphatic heterocycles. The summed E-state index contributed by atoms with van der Waals surface area (Å²) in [5.74, 6) is 0. The number of thiophene rings is 1. The Bertz CT molecular complexity index is 689. The van der Waals surface area contributed by atoms with Gasteiger partial charge in [-0.3, -0.25) is 0 Å². The molecule has 2 aromatic rings. The molecule has 2 heterocycles. The Hall–Kier alpha value is -0.800. The number of nitrogens with one attached hydrogen (secondary N) is 2. The van der Waals surface area contributed by atoms with Gasteiger partial charge in [0.1, 0.15) is 0 Å². The van der Waals surface area contributed by atoms with E-state index in [0.29, 0.717) is 11.4 Å². The van der Waals surface area contributed by atoms with Crippen molar-refractivity contribution in [3.8, 4) is 0 Å². The van der Waals surface area contributed by atoms with Crippen LogP contribution in [0.5, 0.6) is 0 Å². The Kier molecular flexibility index (Phi) is 4.92. The van der Waals surface area contributed by atoms with Crippen LogP contribution in [0.2, 0.25) is 0 Å². The molecule has 5 nitrogen and oxygen atoms in total. The molecular weight excluding hydrogens is 314 g/mol. The van der Waals surface area contributed by atoms with Crippen LogP contribution in [0.15, 0.2) is 16.3 Å². The van der Waals surface area contributed by atoms with Gasteiger partial charge in [0, 0.05) is 21.7 Å². The van der Waals surface area contributed by atoms with Gasteiger partial charge in [0.15, 0.2) is 0 Å². The average molecular weight is 331 g/mol. The van der Waals surface area contributed by atoms with Crippen LogP contribution in [-0.4, -0.2) is 20.4 Å². The fourth-order valence-electron chi connectivity index (χ4n) is 1.79. The highest BCUT2D eigenvalue weighted by atomic mass is 32.2. The molecule has 2 aromatic heterocycles. The maximum absolute atomic E-state index is 12.3. The third-order valence-electron chi connectivity index (χ3n) is 2.67. The predicted octanol–water partition coefficient (Wildman–Crippen LogP) is 2.02. The molecule has 0 spiro atoms. The van der Waals surface area contributed by atoms with Gasteiger partial charge in [0.05, 0.1) is 22.1 Å². The molecule has 0 unspecified atom stereocenters. The first-order valence-corrected chi connectivity index (χ1v) is 9.25. The minimum atomic E-state index is -3.48. The minimum absolute atomic E-state index is 0.226. The average Bonchev–Trinajstić information content (AvgIpc) is 2.94. The van der Waals surface area contributed by atoms with Gasteiger partial charge < -0.3 is 5.32 Å². The molecule has 2 N–H and O–H groups in total. The predicted molar refractivity (Wildman–Crippen MR) is 82.7 cm³/mol. The molecule has 0 fully saturated rings. The second kappa shape index (κ2) is 6.31. The molecule has 0 amide bonds. The Morgan fingerprint density at radius 1 is 1.30 bits per heavy atom. The molecule has 0 aromatic carbocycles. The highest BCUT2D eigenvalue weighted by molar-refractivity contribution is 7.89. The van der Waals surface area contributed by atoms with Gasteiger partial charge in [-0.25, -0.2) is 18.1 Å². The monoisotopic (exact) mass is 331 g/mol. The lowest BCUT2D eigenvalue weighted by molar-refractivity contribution is 0.580. The van der Waals surface area contributed by atoms with Crippen molar-refractivity contribution in [3.05, 3.63) is 31.9 Å². The van der Waals surface area contributed by atoms with E-state index in [4.69, 9.17) is 0 Å². The van der Waals surface area contributed by atoms with E-state index in [1.165, 1.54) is 22.7 Å². The standard InChI is InChI=1S/C12H17N3O2S3/c1-8-12(4-11(19-8)6-13-3)20(16,17)14-5-10-7-18-9(2)15-10/h4,7,13-14H,5-6H2,1-3H3. The fourth-order valence-corrected chi connectivity index (χ4v) is 5.05. The summed E-state index contributed by atoms with van der Waals surface area (Å²) in [5, 5.41) is 5.82. The van der Waals surface area contributed by atoms with Crippen LogP contribution in [0.4, 0.5) is 0 Å². The first-order chi connectivity index (χ1) is 9.42. The largest absolute Gasteiger partial charge is 0.315 e. The summed E-state index contributed by atoms with van der Waals surface area (Å²) in [5.41, 5.74) is 0.749. The smallest absolute Gasteiger partial charge is 0.242 e. The van der Waals surface area contributed by atoms with E-state index in [9.17, 15) is 8.42 Å². The molecule has 2 rings (SSSR count). The van der Waals surface area contributed by atoms with Crippen molar-refractivity contribution < 1.29 is 8.42 Å². The zero-order chi connectivity index (χ0) is 14.8. The summed E-state index contributed by atoms with van der Waals surface area (Å²) in [6.45, 7) is 4.62. The lowest BCUT2D eigenvalue weighted by atomic mass is 10.4. The van der Waals surface area contributed by atoms with Crippen LogP contribution >= 0.6 is 22.7 Å². The summed E-state index contributed by atoms with van der Waals surface area (Å²) < 4.78 is 27.2. The normalized spacial score (nSPS) is 11.9.